The molecule has 0 radical (unpaired) electrons. The summed E-state index contributed by atoms with van der Waals surface area (Å²) in [6.45, 7) is 3.54. The third-order valence-electron chi connectivity index (χ3n) is 5.23. The normalized spacial score (nSPS) is 17.2. The first kappa shape index (κ1) is 16.7. The largest absolute Gasteiger partial charge is 0.370 e. The number of carbonyl (C=O) groups excluding carboxylic acids is 1. The Morgan fingerprint density at radius 3 is 2.35 bits per heavy atom. The van der Waals surface area contributed by atoms with Crippen LogP contribution in [0, 0.1) is 0 Å². The molecule has 0 aromatic heterocycles. The molecule has 2 heterocycles. The molecular formula is C22H25N3O. The number of rotatable bonds is 3. The summed E-state index contributed by atoms with van der Waals surface area (Å²) in [5, 5.41) is 3.13. The third-order valence-corrected chi connectivity index (χ3v) is 5.23. The summed E-state index contributed by atoms with van der Waals surface area (Å²) in [6.07, 6.45) is 5.51. The Balaban J connectivity index is 1.43. The van der Waals surface area contributed by atoms with Crippen molar-refractivity contribution in [2.75, 3.05) is 36.4 Å². The fraction of sp³-hybridized carbons (Fsp3) is 0.318. The van der Waals surface area contributed by atoms with E-state index in [4.69, 9.17) is 0 Å². The van der Waals surface area contributed by atoms with Crippen LogP contribution in [0.5, 0.6) is 0 Å². The van der Waals surface area contributed by atoms with Gasteiger partial charge in [0.15, 0.2) is 0 Å². The van der Waals surface area contributed by atoms with E-state index in [0.29, 0.717) is 6.54 Å². The maximum atomic E-state index is 12.7. The molecule has 2 aromatic rings. The van der Waals surface area contributed by atoms with Gasteiger partial charge in [0.2, 0.25) is 0 Å². The minimum Gasteiger partial charge on any atom is -0.370 e. The Labute approximate surface area is 155 Å². The summed E-state index contributed by atoms with van der Waals surface area (Å²) >= 11 is 0. The van der Waals surface area contributed by atoms with E-state index in [-0.39, 0.29) is 6.03 Å². The Morgan fingerprint density at radius 2 is 1.62 bits per heavy atom. The lowest BCUT2D eigenvalue weighted by atomic mass is 10.00. The van der Waals surface area contributed by atoms with Gasteiger partial charge in [0.25, 0.3) is 0 Å². The van der Waals surface area contributed by atoms with Gasteiger partial charge in [-0.2, -0.15) is 0 Å². The molecule has 4 rings (SSSR count). The number of benzene rings is 2. The van der Waals surface area contributed by atoms with Crippen LogP contribution in [-0.4, -0.2) is 37.1 Å². The smallest absolute Gasteiger partial charge is 0.322 e. The standard InChI is InChI=1S/C22H25N3O/c26-22(23-20-10-4-5-11-21(20)24-14-6-7-15-24)25-16-12-19(13-17-25)18-8-2-1-3-9-18/h1-5,8-12H,6-7,13-17H2,(H,23,26). The highest BCUT2D eigenvalue weighted by molar-refractivity contribution is 5.93. The first-order valence-electron chi connectivity index (χ1n) is 9.45. The van der Waals surface area contributed by atoms with Crippen molar-refractivity contribution in [1.29, 1.82) is 0 Å². The van der Waals surface area contributed by atoms with Gasteiger partial charge in [-0.3, -0.25) is 0 Å². The van der Waals surface area contributed by atoms with Gasteiger partial charge < -0.3 is 15.1 Å². The van der Waals surface area contributed by atoms with E-state index in [0.717, 1.165) is 37.4 Å². The molecule has 1 fully saturated rings. The van der Waals surface area contributed by atoms with Crippen molar-refractivity contribution in [3.8, 4) is 0 Å². The van der Waals surface area contributed by atoms with Crippen LogP contribution in [0.4, 0.5) is 16.2 Å². The highest BCUT2D eigenvalue weighted by Gasteiger charge is 2.20. The molecule has 26 heavy (non-hydrogen) atoms. The van der Waals surface area contributed by atoms with E-state index in [1.165, 1.54) is 24.0 Å². The molecule has 4 nitrogen and oxygen atoms in total. The van der Waals surface area contributed by atoms with Crippen molar-refractivity contribution < 1.29 is 4.79 Å². The molecule has 134 valence electrons. The SMILES string of the molecule is O=C(Nc1ccccc1N1CCCC1)N1CC=C(c2ccccc2)CC1. The summed E-state index contributed by atoms with van der Waals surface area (Å²) in [4.78, 5) is 17.0. The lowest BCUT2D eigenvalue weighted by molar-refractivity contribution is 0.217. The monoisotopic (exact) mass is 347 g/mol. The van der Waals surface area contributed by atoms with Crippen LogP contribution >= 0.6 is 0 Å². The number of hydrogen-bond acceptors (Lipinski definition) is 2. The van der Waals surface area contributed by atoms with E-state index >= 15 is 0 Å². The van der Waals surface area contributed by atoms with Crippen molar-refractivity contribution in [3.63, 3.8) is 0 Å². The number of urea groups is 1. The summed E-state index contributed by atoms with van der Waals surface area (Å²) < 4.78 is 0. The van der Waals surface area contributed by atoms with E-state index in [2.05, 4.69) is 46.6 Å². The topological polar surface area (TPSA) is 35.6 Å². The zero-order chi connectivity index (χ0) is 17.8. The van der Waals surface area contributed by atoms with Gasteiger partial charge in [0.05, 0.1) is 11.4 Å². The number of carbonyl (C=O) groups is 1. The minimum absolute atomic E-state index is 0.0139. The van der Waals surface area contributed by atoms with Crippen LogP contribution in [0.25, 0.3) is 5.57 Å². The molecular weight excluding hydrogens is 322 g/mol. The highest BCUT2D eigenvalue weighted by atomic mass is 16.2. The first-order chi connectivity index (χ1) is 12.8. The second kappa shape index (κ2) is 7.65. The first-order valence-corrected chi connectivity index (χ1v) is 9.45. The zero-order valence-corrected chi connectivity index (χ0v) is 15.0. The highest BCUT2D eigenvalue weighted by Crippen LogP contribution is 2.29. The Kier molecular flexibility index (Phi) is 4.91. The molecule has 2 aliphatic rings. The summed E-state index contributed by atoms with van der Waals surface area (Å²) in [5.41, 5.74) is 4.63. The number of amides is 2. The van der Waals surface area contributed by atoms with Crippen molar-refractivity contribution >= 4 is 23.0 Å². The Morgan fingerprint density at radius 1 is 0.885 bits per heavy atom. The van der Waals surface area contributed by atoms with Crippen LogP contribution in [-0.2, 0) is 0 Å². The molecule has 0 saturated carbocycles. The van der Waals surface area contributed by atoms with E-state index in [9.17, 15) is 4.79 Å². The lowest BCUT2D eigenvalue weighted by Gasteiger charge is -2.28. The molecule has 1 saturated heterocycles. The minimum atomic E-state index is -0.0139. The second-order valence-electron chi connectivity index (χ2n) is 6.93. The van der Waals surface area contributed by atoms with Gasteiger partial charge in [-0.15, -0.1) is 0 Å². The van der Waals surface area contributed by atoms with Crippen molar-refractivity contribution in [1.82, 2.24) is 4.90 Å². The zero-order valence-electron chi connectivity index (χ0n) is 15.0. The molecule has 0 spiro atoms. The van der Waals surface area contributed by atoms with Gasteiger partial charge in [0.1, 0.15) is 0 Å². The number of anilines is 2. The van der Waals surface area contributed by atoms with E-state index in [1.807, 2.05) is 29.2 Å². The molecule has 2 amide bonds. The van der Waals surface area contributed by atoms with Crippen LogP contribution < -0.4 is 10.2 Å². The molecule has 0 unspecified atom stereocenters. The summed E-state index contributed by atoms with van der Waals surface area (Å²) in [6, 6.07) is 18.5. The quantitative estimate of drug-likeness (QED) is 0.880. The molecule has 0 atom stereocenters. The molecule has 2 aromatic carbocycles. The van der Waals surface area contributed by atoms with Crippen LogP contribution in [0.15, 0.2) is 60.7 Å². The lowest BCUT2D eigenvalue weighted by Crippen LogP contribution is -2.38. The second-order valence-corrected chi connectivity index (χ2v) is 6.93. The van der Waals surface area contributed by atoms with Gasteiger partial charge in [-0.05, 0) is 42.5 Å². The van der Waals surface area contributed by atoms with Crippen molar-refractivity contribution in [3.05, 3.63) is 66.2 Å². The molecule has 2 aliphatic heterocycles. The third kappa shape index (κ3) is 3.59. The predicted octanol–water partition coefficient (Wildman–Crippen LogP) is 4.61. The maximum absolute atomic E-state index is 12.7. The molecule has 1 N–H and O–H groups in total. The van der Waals surface area contributed by atoms with Crippen LogP contribution in [0.3, 0.4) is 0 Å². The van der Waals surface area contributed by atoms with Gasteiger partial charge in [-0.25, -0.2) is 4.79 Å². The number of nitrogens with one attached hydrogen (secondary N) is 1. The van der Waals surface area contributed by atoms with Gasteiger partial charge in [-0.1, -0.05) is 48.5 Å². The average molecular weight is 347 g/mol. The van der Waals surface area contributed by atoms with Crippen LogP contribution in [0.2, 0.25) is 0 Å². The van der Waals surface area contributed by atoms with Crippen molar-refractivity contribution in [2.45, 2.75) is 19.3 Å². The Hall–Kier alpha value is -2.75. The maximum Gasteiger partial charge on any atom is 0.322 e. The fourth-order valence-electron chi connectivity index (χ4n) is 3.78. The number of nitrogens with zero attached hydrogens (tertiary/aromatic N) is 2. The average Bonchev–Trinajstić information content (AvgIpc) is 3.24. The van der Waals surface area contributed by atoms with Gasteiger partial charge >= 0.3 is 6.03 Å². The molecule has 0 aliphatic carbocycles. The van der Waals surface area contributed by atoms with E-state index in [1.54, 1.807) is 0 Å². The number of hydrogen-bond donors (Lipinski definition) is 1. The van der Waals surface area contributed by atoms with Crippen LogP contribution in [0.1, 0.15) is 24.8 Å². The Bertz CT molecular complexity index is 794. The summed E-state index contributed by atoms with van der Waals surface area (Å²) in [7, 11) is 0. The summed E-state index contributed by atoms with van der Waals surface area (Å²) in [5.74, 6) is 0. The molecule has 4 heteroatoms. The molecule has 0 bridgehead atoms. The van der Waals surface area contributed by atoms with Crippen molar-refractivity contribution in [2.24, 2.45) is 0 Å². The van der Waals surface area contributed by atoms with E-state index < -0.39 is 0 Å². The fourth-order valence-corrected chi connectivity index (χ4v) is 3.78. The van der Waals surface area contributed by atoms with Gasteiger partial charge in [0, 0.05) is 26.2 Å². The predicted molar refractivity (Wildman–Crippen MR) is 108 cm³/mol. The number of para-hydroxylation sites is 2.